The SMILES string of the molecule is FC(F)(F)c1ccc(-c2cc(CN3Cc4[nH]c(-c5cccs5)nc4C=N3)on2)c(C(F)(F)F)c1. The lowest BCUT2D eigenvalue weighted by molar-refractivity contribution is -0.142. The highest BCUT2D eigenvalue weighted by atomic mass is 32.1. The van der Waals surface area contributed by atoms with Crippen LogP contribution in [-0.4, -0.2) is 26.3 Å². The number of aromatic amines is 1. The number of alkyl halides is 6. The van der Waals surface area contributed by atoms with Crippen LogP contribution in [0.25, 0.3) is 22.0 Å². The van der Waals surface area contributed by atoms with Crippen molar-refractivity contribution in [1.82, 2.24) is 20.1 Å². The van der Waals surface area contributed by atoms with E-state index in [0.717, 1.165) is 16.6 Å². The molecule has 1 N–H and O–H groups in total. The van der Waals surface area contributed by atoms with E-state index in [2.05, 4.69) is 20.2 Å². The zero-order valence-electron chi connectivity index (χ0n) is 16.9. The molecule has 0 atom stereocenters. The fraction of sp³-hybridized carbons (Fsp3) is 0.190. The Morgan fingerprint density at radius 2 is 1.88 bits per heavy atom. The maximum absolute atomic E-state index is 13.5. The van der Waals surface area contributed by atoms with Gasteiger partial charge in [0.2, 0.25) is 0 Å². The van der Waals surface area contributed by atoms with E-state index >= 15 is 0 Å². The minimum Gasteiger partial charge on any atom is -0.359 e. The Morgan fingerprint density at radius 1 is 1.06 bits per heavy atom. The van der Waals surface area contributed by atoms with Gasteiger partial charge >= 0.3 is 12.4 Å². The van der Waals surface area contributed by atoms with Crippen molar-refractivity contribution in [3.8, 4) is 22.0 Å². The first-order chi connectivity index (χ1) is 16.1. The molecular formula is C21H13F6N5OS. The molecule has 3 aromatic heterocycles. The second-order valence-corrected chi connectivity index (χ2v) is 8.38. The predicted octanol–water partition coefficient (Wildman–Crippen LogP) is 6.18. The summed E-state index contributed by atoms with van der Waals surface area (Å²) in [5, 5.41) is 11.4. The van der Waals surface area contributed by atoms with E-state index in [9.17, 15) is 26.3 Å². The van der Waals surface area contributed by atoms with Crippen molar-refractivity contribution in [2.24, 2.45) is 5.10 Å². The smallest absolute Gasteiger partial charge is 0.359 e. The van der Waals surface area contributed by atoms with Crippen molar-refractivity contribution in [2.75, 3.05) is 0 Å². The molecule has 6 nitrogen and oxygen atoms in total. The van der Waals surface area contributed by atoms with E-state index in [0.29, 0.717) is 24.1 Å². The summed E-state index contributed by atoms with van der Waals surface area (Å²) in [6.45, 7) is 0.423. The number of rotatable bonds is 4. The van der Waals surface area contributed by atoms with Gasteiger partial charge in [0.1, 0.15) is 17.2 Å². The van der Waals surface area contributed by atoms with Crippen molar-refractivity contribution in [3.63, 3.8) is 0 Å². The molecule has 0 fully saturated rings. The molecular weight excluding hydrogens is 484 g/mol. The van der Waals surface area contributed by atoms with E-state index in [1.54, 1.807) is 11.2 Å². The highest BCUT2D eigenvalue weighted by Gasteiger charge is 2.39. The third-order valence-corrected chi connectivity index (χ3v) is 5.95. The number of imidazole rings is 1. The van der Waals surface area contributed by atoms with Gasteiger partial charge in [-0.1, -0.05) is 17.3 Å². The maximum atomic E-state index is 13.5. The molecule has 0 aliphatic carbocycles. The van der Waals surface area contributed by atoms with Gasteiger partial charge in [-0.2, -0.15) is 31.4 Å². The highest BCUT2D eigenvalue weighted by molar-refractivity contribution is 7.13. The van der Waals surface area contributed by atoms with Crippen LogP contribution in [0.3, 0.4) is 0 Å². The molecule has 0 spiro atoms. The fourth-order valence-corrected chi connectivity index (χ4v) is 4.18. The number of benzene rings is 1. The monoisotopic (exact) mass is 497 g/mol. The minimum absolute atomic E-state index is 0.0730. The van der Waals surface area contributed by atoms with Gasteiger partial charge in [0.05, 0.1) is 41.0 Å². The van der Waals surface area contributed by atoms with Crippen molar-refractivity contribution >= 4 is 17.6 Å². The van der Waals surface area contributed by atoms with Crippen LogP contribution in [-0.2, 0) is 25.4 Å². The Bertz CT molecular complexity index is 1350. The Labute approximate surface area is 191 Å². The Morgan fingerprint density at radius 3 is 2.59 bits per heavy atom. The van der Waals surface area contributed by atoms with Crippen LogP contribution in [0, 0.1) is 0 Å². The standard InChI is InChI=1S/C21H13F6N5OS/c22-20(23,24)11-3-4-13(14(6-11)21(25,26)27)15-7-12(33-31-15)9-32-10-17-16(8-28-32)29-19(30-17)18-2-1-5-34-18/h1-8H,9-10H2,(H,29,30). The Hall–Kier alpha value is -3.61. The second kappa shape index (κ2) is 8.01. The van der Waals surface area contributed by atoms with Crippen molar-refractivity contribution in [3.05, 3.63) is 70.1 Å². The van der Waals surface area contributed by atoms with Gasteiger partial charge in [0.25, 0.3) is 0 Å². The van der Waals surface area contributed by atoms with E-state index in [1.165, 1.54) is 17.4 Å². The van der Waals surface area contributed by atoms with Crippen LogP contribution >= 0.6 is 11.3 Å². The van der Waals surface area contributed by atoms with Crippen molar-refractivity contribution in [2.45, 2.75) is 25.4 Å². The molecule has 4 heterocycles. The maximum Gasteiger partial charge on any atom is 0.417 e. The molecule has 0 saturated carbocycles. The quantitative estimate of drug-likeness (QED) is 0.342. The minimum atomic E-state index is -5.01. The number of halogens is 6. The van der Waals surface area contributed by atoms with Gasteiger partial charge in [0.15, 0.2) is 5.76 Å². The normalized spacial score (nSPS) is 14.0. The van der Waals surface area contributed by atoms with Crippen LogP contribution < -0.4 is 0 Å². The molecule has 1 aliphatic heterocycles. The molecule has 0 radical (unpaired) electrons. The first kappa shape index (κ1) is 22.2. The molecule has 34 heavy (non-hydrogen) atoms. The lowest BCUT2D eigenvalue weighted by Gasteiger charge is -2.19. The topological polar surface area (TPSA) is 70.3 Å². The van der Waals surface area contributed by atoms with Crippen LogP contribution in [0.1, 0.15) is 28.3 Å². The van der Waals surface area contributed by atoms with Gasteiger partial charge in [-0.3, -0.25) is 5.01 Å². The largest absolute Gasteiger partial charge is 0.417 e. The number of hydrogen-bond acceptors (Lipinski definition) is 6. The van der Waals surface area contributed by atoms with Crippen LogP contribution in [0.4, 0.5) is 26.3 Å². The van der Waals surface area contributed by atoms with Crippen molar-refractivity contribution in [1.29, 1.82) is 0 Å². The molecule has 0 saturated heterocycles. The molecule has 4 aromatic rings. The number of H-pyrrole nitrogens is 1. The van der Waals surface area contributed by atoms with Crippen LogP contribution in [0.5, 0.6) is 0 Å². The zero-order valence-corrected chi connectivity index (χ0v) is 17.7. The van der Waals surface area contributed by atoms with Gasteiger partial charge in [-0.25, -0.2) is 4.98 Å². The van der Waals surface area contributed by atoms with Crippen LogP contribution in [0.2, 0.25) is 0 Å². The number of aromatic nitrogens is 3. The lowest BCUT2D eigenvalue weighted by atomic mass is 10.0. The number of hydrogen-bond donors (Lipinski definition) is 1. The summed E-state index contributed by atoms with van der Waals surface area (Å²) in [6.07, 6.45) is -8.36. The van der Waals surface area contributed by atoms with Gasteiger partial charge < -0.3 is 9.51 Å². The third kappa shape index (κ3) is 4.30. The van der Waals surface area contributed by atoms with Gasteiger partial charge in [-0.05, 0) is 23.6 Å². The molecule has 13 heteroatoms. The van der Waals surface area contributed by atoms with E-state index in [-0.39, 0.29) is 24.1 Å². The number of nitrogens with one attached hydrogen (secondary N) is 1. The van der Waals surface area contributed by atoms with E-state index in [1.807, 2.05) is 17.5 Å². The van der Waals surface area contributed by atoms with Crippen LogP contribution in [0.15, 0.2) is 51.4 Å². The summed E-state index contributed by atoms with van der Waals surface area (Å²) in [7, 11) is 0. The number of fused-ring (bicyclic) bond motifs is 1. The summed E-state index contributed by atoms with van der Waals surface area (Å²) >= 11 is 1.53. The molecule has 5 rings (SSSR count). The summed E-state index contributed by atoms with van der Waals surface area (Å²) in [6, 6.07) is 6.49. The summed E-state index contributed by atoms with van der Waals surface area (Å²) in [5.41, 5.74) is -2.08. The average molecular weight is 497 g/mol. The molecule has 0 bridgehead atoms. The zero-order chi connectivity index (χ0) is 24.1. The molecule has 176 valence electrons. The number of hydrazone groups is 1. The fourth-order valence-electron chi connectivity index (χ4n) is 3.51. The molecule has 1 aromatic carbocycles. The summed E-state index contributed by atoms with van der Waals surface area (Å²) in [5.74, 6) is 0.902. The van der Waals surface area contributed by atoms with Gasteiger partial charge in [-0.15, -0.1) is 11.3 Å². The number of nitrogens with zero attached hydrogens (tertiary/aromatic N) is 4. The first-order valence-electron chi connectivity index (χ1n) is 9.74. The number of thiophene rings is 1. The Balaban J connectivity index is 1.36. The van der Waals surface area contributed by atoms with Gasteiger partial charge in [0, 0.05) is 11.6 Å². The molecule has 1 aliphatic rings. The van der Waals surface area contributed by atoms with Crippen molar-refractivity contribution < 1.29 is 30.9 Å². The highest BCUT2D eigenvalue weighted by Crippen LogP contribution is 2.40. The lowest BCUT2D eigenvalue weighted by Crippen LogP contribution is -2.21. The average Bonchev–Trinajstić information content (AvgIpc) is 3.52. The summed E-state index contributed by atoms with van der Waals surface area (Å²) in [4.78, 5) is 8.68. The predicted molar refractivity (Wildman–Crippen MR) is 111 cm³/mol. The first-order valence-corrected chi connectivity index (χ1v) is 10.6. The third-order valence-electron chi connectivity index (χ3n) is 5.07. The Kier molecular flexibility index (Phi) is 5.23. The van der Waals surface area contributed by atoms with E-state index < -0.39 is 29.0 Å². The molecule has 0 unspecified atom stereocenters. The van der Waals surface area contributed by atoms with E-state index in [4.69, 9.17) is 4.52 Å². The summed E-state index contributed by atoms with van der Waals surface area (Å²) < 4.78 is 84.3. The molecule has 0 amide bonds. The second-order valence-electron chi connectivity index (χ2n) is 7.43.